The molecular formula is C12H18ClNO2. The smallest absolute Gasteiger partial charge is 0.121 e. The second-order valence-corrected chi connectivity index (χ2v) is 4.57. The molecule has 0 aliphatic carbocycles. The van der Waals surface area contributed by atoms with E-state index in [4.69, 9.17) is 11.6 Å². The number of aromatic hydroxyl groups is 1. The number of aliphatic hydroxyl groups excluding tert-OH is 1. The molecule has 0 fully saturated rings. The molecule has 3 N–H and O–H groups in total. The van der Waals surface area contributed by atoms with E-state index in [0.29, 0.717) is 17.1 Å². The highest BCUT2D eigenvalue weighted by Crippen LogP contribution is 2.33. The Labute approximate surface area is 101 Å². The average Bonchev–Trinajstić information content (AvgIpc) is 2.20. The van der Waals surface area contributed by atoms with Crippen molar-refractivity contribution in [2.75, 3.05) is 13.6 Å². The van der Waals surface area contributed by atoms with Crippen LogP contribution in [0.25, 0.3) is 0 Å². The van der Waals surface area contributed by atoms with E-state index >= 15 is 0 Å². The number of benzene rings is 1. The molecule has 1 aromatic carbocycles. The van der Waals surface area contributed by atoms with Gasteiger partial charge in [0.2, 0.25) is 0 Å². The summed E-state index contributed by atoms with van der Waals surface area (Å²) >= 11 is 6.10. The predicted octanol–water partition coefficient (Wildman–Crippen LogP) is 2.42. The van der Waals surface area contributed by atoms with E-state index in [-0.39, 0.29) is 11.7 Å². The van der Waals surface area contributed by atoms with Gasteiger partial charge in [-0.15, -0.1) is 0 Å². The largest absolute Gasteiger partial charge is 0.508 e. The highest BCUT2D eigenvalue weighted by atomic mass is 35.5. The summed E-state index contributed by atoms with van der Waals surface area (Å²) in [6, 6.07) is 3.26. The average molecular weight is 244 g/mol. The summed E-state index contributed by atoms with van der Waals surface area (Å²) in [7, 11) is 1.74. The van der Waals surface area contributed by atoms with E-state index in [1.165, 1.54) is 0 Å². The Morgan fingerprint density at radius 1 is 1.31 bits per heavy atom. The molecule has 0 saturated heterocycles. The normalized spacial score (nSPS) is 13.1. The molecule has 1 atom stereocenters. The Kier molecular flexibility index (Phi) is 4.59. The number of hydrogen-bond donors (Lipinski definition) is 3. The van der Waals surface area contributed by atoms with Gasteiger partial charge in [-0.05, 0) is 30.7 Å². The van der Waals surface area contributed by atoms with Crippen LogP contribution in [0.15, 0.2) is 12.1 Å². The van der Waals surface area contributed by atoms with E-state index in [9.17, 15) is 10.2 Å². The number of nitrogens with one attached hydrogen (secondary N) is 1. The molecule has 0 amide bonds. The van der Waals surface area contributed by atoms with E-state index in [1.807, 2.05) is 13.8 Å². The van der Waals surface area contributed by atoms with Crippen LogP contribution in [0.2, 0.25) is 5.02 Å². The molecule has 1 aromatic rings. The Bertz CT molecular complexity index is 366. The highest BCUT2D eigenvalue weighted by molar-refractivity contribution is 6.31. The Morgan fingerprint density at radius 2 is 1.94 bits per heavy atom. The topological polar surface area (TPSA) is 52.5 Å². The van der Waals surface area contributed by atoms with Gasteiger partial charge in [-0.2, -0.15) is 0 Å². The molecule has 0 bridgehead atoms. The standard InChI is InChI=1S/C12H18ClNO2/c1-7(2)8-5-11(15)9(4-10(8)13)12(16)6-14-3/h4-5,7,12,14-16H,6H2,1-3H3. The lowest BCUT2D eigenvalue weighted by atomic mass is 9.98. The molecule has 0 aromatic heterocycles. The van der Waals surface area contributed by atoms with Crippen molar-refractivity contribution < 1.29 is 10.2 Å². The summed E-state index contributed by atoms with van der Waals surface area (Å²) in [6.07, 6.45) is -0.747. The first kappa shape index (κ1) is 13.3. The molecule has 0 radical (unpaired) electrons. The van der Waals surface area contributed by atoms with Crippen LogP contribution in [0, 0.1) is 0 Å². The maximum atomic E-state index is 9.82. The molecule has 16 heavy (non-hydrogen) atoms. The van der Waals surface area contributed by atoms with Crippen LogP contribution in [0.5, 0.6) is 5.75 Å². The number of hydrogen-bond acceptors (Lipinski definition) is 3. The highest BCUT2D eigenvalue weighted by Gasteiger charge is 2.15. The summed E-state index contributed by atoms with van der Waals surface area (Å²) in [5.74, 6) is 0.338. The van der Waals surface area contributed by atoms with E-state index < -0.39 is 6.10 Å². The Morgan fingerprint density at radius 3 is 2.44 bits per heavy atom. The number of halogens is 1. The molecule has 0 aliphatic heterocycles. The van der Waals surface area contributed by atoms with Crippen molar-refractivity contribution in [3.8, 4) is 5.75 Å². The molecule has 0 spiro atoms. The van der Waals surface area contributed by atoms with Crippen molar-refractivity contribution in [2.24, 2.45) is 0 Å². The molecular weight excluding hydrogens is 226 g/mol. The fourth-order valence-corrected chi connectivity index (χ4v) is 2.00. The molecule has 1 rings (SSSR count). The Hall–Kier alpha value is -0.770. The number of rotatable bonds is 4. The van der Waals surface area contributed by atoms with Gasteiger partial charge >= 0.3 is 0 Å². The Balaban J connectivity index is 3.10. The van der Waals surface area contributed by atoms with Gasteiger partial charge < -0.3 is 15.5 Å². The summed E-state index contributed by atoms with van der Waals surface area (Å²) in [4.78, 5) is 0. The summed E-state index contributed by atoms with van der Waals surface area (Å²) < 4.78 is 0. The fourth-order valence-electron chi connectivity index (χ4n) is 1.61. The maximum absolute atomic E-state index is 9.82. The lowest BCUT2D eigenvalue weighted by molar-refractivity contribution is 0.174. The zero-order valence-electron chi connectivity index (χ0n) is 9.79. The van der Waals surface area contributed by atoms with E-state index in [1.54, 1.807) is 19.2 Å². The first-order valence-electron chi connectivity index (χ1n) is 5.32. The van der Waals surface area contributed by atoms with Gasteiger partial charge in [-0.3, -0.25) is 0 Å². The van der Waals surface area contributed by atoms with E-state index in [0.717, 1.165) is 5.56 Å². The van der Waals surface area contributed by atoms with Gasteiger partial charge in [0.15, 0.2) is 0 Å². The van der Waals surface area contributed by atoms with Gasteiger partial charge in [0.1, 0.15) is 5.75 Å². The lowest BCUT2D eigenvalue weighted by Gasteiger charge is -2.16. The minimum atomic E-state index is -0.747. The fraction of sp³-hybridized carbons (Fsp3) is 0.500. The number of phenols is 1. The monoisotopic (exact) mass is 243 g/mol. The third kappa shape index (κ3) is 2.88. The van der Waals surface area contributed by atoms with E-state index in [2.05, 4.69) is 5.32 Å². The lowest BCUT2D eigenvalue weighted by Crippen LogP contribution is -2.16. The molecule has 0 aliphatic rings. The second-order valence-electron chi connectivity index (χ2n) is 4.16. The first-order valence-corrected chi connectivity index (χ1v) is 5.70. The zero-order valence-corrected chi connectivity index (χ0v) is 10.5. The van der Waals surface area contributed by atoms with Crippen LogP contribution in [0.4, 0.5) is 0 Å². The van der Waals surface area contributed by atoms with Crippen LogP contribution >= 0.6 is 11.6 Å². The van der Waals surface area contributed by atoms with Crippen molar-refractivity contribution in [3.63, 3.8) is 0 Å². The summed E-state index contributed by atoms with van der Waals surface area (Å²) in [5.41, 5.74) is 1.35. The van der Waals surface area contributed by atoms with Gasteiger partial charge in [0.05, 0.1) is 6.10 Å². The number of likely N-dealkylation sites (N-methyl/N-ethyl adjacent to an activating group) is 1. The van der Waals surface area contributed by atoms with Gasteiger partial charge in [-0.25, -0.2) is 0 Å². The number of aliphatic hydroxyl groups is 1. The number of phenolic OH excluding ortho intramolecular Hbond substituents is 1. The SMILES string of the molecule is CNCC(O)c1cc(Cl)c(C(C)C)cc1O. The summed E-state index contributed by atoms with van der Waals surface area (Å²) in [6.45, 7) is 4.39. The van der Waals surface area contributed by atoms with Crippen molar-refractivity contribution in [1.29, 1.82) is 0 Å². The molecule has 0 heterocycles. The van der Waals surface area contributed by atoms with Crippen LogP contribution in [0.3, 0.4) is 0 Å². The minimum absolute atomic E-state index is 0.0934. The van der Waals surface area contributed by atoms with Crippen molar-refractivity contribution in [3.05, 3.63) is 28.3 Å². The molecule has 0 saturated carbocycles. The van der Waals surface area contributed by atoms with Gasteiger partial charge in [0.25, 0.3) is 0 Å². The van der Waals surface area contributed by atoms with Gasteiger partial charge in [0, 0.05) is 17.1 Å². The summed E-state index contributed by atoms with van der Waals surface area (Å²) in [5, 5.41) is 23.0. The maximum Gasteiger partial charge on any atom is 0.121 e. The van der Waals surface area contributed by atoms with Gasteiger partial charge in [-0.1, -0.05) is 25.4 Å². The van der Waals surface area contributed by atoms with Crippen LogP contribution < -0.4 is 5.32 Å². The van der Waals surface area contributed by atoms with Crippen molar-refractivity contribution >= 4 is 11.6 Å². The van der Waals surface area contributed by atoms with Crippen molar-refractivity contribution in [2.45, 2.75) is 25.9 Å². The predicted molar refractivity (Wildman–Crippen MR) is 66.1 cm³/mol. The van der Waals surface area contributed by atoms with Crippen LogP contribution in [0.1, 0.15) is 37.0 Å². The third-order valence-electron chi connectivity index (χ3n) is 2.52. The zero-order chi connectivity index (χ0) is 12.3. The minimum Gasteiger partial charge on any atom is -0.508 e. The third-order valence-corrected chi connectivity index (χ3v) is 2.85. The molecule has 1 unspecified atom stereocenters. The van der Waals surface area contributed by atoms with Crippen molar-refractivity contribution in [1.82, 2.24) is 5.32 Å². The second kappa shape index (κ2) is 5.53. The van der Waals surface area contributed by atoms with Crippen LogP contribution in [-0.2, 0) is 0 Å². The quantitative estimate of drug-likeness (QED) is 0.761. The molecule has 3 nitrogen and oxygen atoms in total. The first-order chi connectivity index (χ1) is 7.47. The molecule has 4 heteroatoms. The van der Waals surface area contributed by atoms with Crippen LogP contribution in [-0.4, -0.2) is 23.8 Å². The molecule has 90 valence electrons.